The second kappa shape index (κ2) is 3.78. The number of alkyl halides is 3. The first-order chi connectivity index (χ1) is 8.09. The minimum absolute atomic E-state index is 0.0361. The fourth-order valence-electron chi connectivity index (χ4n) is 1.84. The summed E-state index contributed by atoms with van der Waals surface area (Å²) in [5.74, 6) is -0.113. The van der Waals surface area contributed by atoms with E-state index >= 15 is 0 Å². The molecule has 0 saturated heterocycles. The molecule has 0 fully saturated rings. The van der Waals surface area contributed by atoms with Gasteiger partial charge in [-0.05, 0) is 6.07 Å². The lowest BCUT2D eigenvalue weighted by Gasteiger charge is -2.13. The summed E-state index contributed by atoms with van der Waals surface area (Å²) in [6.45, 7) is 0. The van der Waals surface area contributed by atoms with Crippen molar-refractivity contribution in [3.8, 4) is 5.75 Å². The first-order valence-corrected chi connectivity index (χ1v) is 6.84. The minimum atomic E-state index is -4.54. The van der Waals surface area contributed by atoms with Gasteiger partial charge in [-0.1, -0.05) is 0 Å². The Morgan fingerprint density at radius 3 is 2.50 bits per heavy atom. The fourth-order valence-corrected chi connectivity index (χ4v) is 2.82. The molecule has 0 aromatic heterocycles. The van der Waals surface area contributed by atoms with Gasteiger partial charge in [-0.3, -0.25) is 0 Å². The molecule has 0 spiro atoms. The van der Waals surface area contributed by atoms with Crippen molar-refractivity contribution >= 4 is 15.5 Å². The van der Waals surface area contributed by atoms with Crippen LogP contribution in [0.4, 0.5) is 18.9 Å². The Hall–Kier alpha value is -1.44. The third-order valence-electron chi connectivity index (χ3n) is 2.61. The highest BCUT2D eigenvalue weighted by atomic mass is 32.2. The lowest BCUT2D eigenvalue weighted by Crippen LogP contribution is -2.32. The molecule has 0 amide bonds. The Morgan fingerprint density at radius 2 is 2.00 bits per heavy atom. The van der Waals surface area contributed by atoms with Crippen molar-refractivity contribution in [1.29, 1.82) is 0 Å². The van der Waals surface area contributed by atoms with Crippen LogP contribution in [0.3, 0.4) is 0 Å². The van der Waals surface area contributed by atoms with Gasteiger partial charge in [0.25, 0.3) is 0 Å². The van der Waals surface area contributed by atoms with Crippen LogP contribution in [0.5, 0.6) is 5.75 Å². The van der Waals surface area contributed by atoms with Crippen LogP contribution in [-0.4, -0.2) is 27.0 Å². The Labute approximate surface area is 101 Å². The molecule has 1 aromatic rings. The molecule has 0 bridgehead atoms. The largest absolute Gasteiger partial charge is 0.480 e. The molecule has 1 atom stereocenters. The van der Waals surface area contributed by atoms with Crippen LogP contribution in [0.2, 0.25) is 0 Å². The molecule has 0 aliphatic carbocycles. The van der Waals surface area contributed by atoms with E-state index in [1.165, 1.54) is 6.07 Å². The predicted molar refractivity (Wildman–Crippen MR) is 58.1 cm³/mol. The molecule has 2 N–H and O–H groups in total. The highest BCUT2D eigenvalue weighted by Gasteiger charge is 2.46. The van der Waals surface area contributed by atoms with Crippen LogP contribution in [0, 0.1) is 0 Å². The van der Waals surface area contributed by atoms with E-state index in [-0.39, 0.29) is 21.9 Å². The van der Waals surface area contributed by atoms with E-state index in [4.69, 9.17) is 10.5 Å². The lowest BCUT2D eigenvalue weighted by atomic mass is 10.1. The quantitative estimate of drug-likeness (QED) is 0.793. The van der Waals surface area contributed by atoms with Gasteiger partial charge in [0.15, 0.2) is 15.9 Å². The van der Waals surface area contributed by atoms with Gasteiger partial charge in [-0.15, -0.1) is 0 Å². The first-order valence-electron chi connectivity index (χ1n) is 4.95. The van der Waals surface area contributed by atoms with Gasteiger partial charge in [0.2, 0.25) is 0 Å². The van der Waals surface area contributed by atoms with Crippen LogP contribution in [0.15, 0.2) is 17.0 Å². The topological polar surface area (TPSA) is 69.4 Å². The number of nitrogen functional groups attached to an aromatic ring is 1. The molecule has 0 saturated carbocycles. The Bertz CT molecular complexity index is 595. The molecule has 1 aromatic carbocycles. The van der Waals surface area contributed by atoms with Crippen molar-refractivity contribution in [2.45, 2.75) is 23.6 Å². The van der Waals surface area contributed by atoms with E-state index in [1.807, 2.05) is 0 Å². The zero-order chi connectivity index (χ0) is 13.7. The number of fused-ring (bicyclic) bond motifs is 1. The summed E-state index contributed by atoms with van der Waals surface area (Å²) in [4.78, 5) is -0.204. The van der Waals surface area contributed by atoms with Gasteiger partial charge in [-0.2, -0.15) is 13.2 Å². The molecule has 1 aliphatic heterocycles. The molecule has 4 nitrogen and oxygen atoms in total. The third-order valence-corrected chi connectivity index (χ3v) is 3.78. The number of anilines is 1. The molecule has 1 heterocycles. The standard InChI is InChI=1S/C10H10F3NO3S/c1-18(15,16)8-3-5(14)2-7-6(8)4-9(17-7)10(11,12)13/h2-3,9H,4,14H2,1H3. The van der Waals surface area contributed by atoms with E-state index in [1.54, 1.807) is 0 Å². The van der Waals surface area contributed by atoms with Gasteiger partial charge in [0.1, 0.15) is 5.75 Å². The van der Waals surface area contributed by atoms with E-state index in [0.717, 1.165) is 12.3 Å². The number of nitrogens with two attached hydrogens (primary N) is 1. The molecule has 2 rings (SSSR count). The molecule has 1 aliphatic rings. The van der Waals surface area contributed by atoms with Crippen molar-refractivity contribution in [2.24, 2.45) is 0 Å². The van der Waals surface area contributed by atoms with Gasteiger partial charge >= 0.3 is 6.18 Å². The maximum Gasteiger partial charge on any atom is 0.425 e. The number of rotatable bonds is 1. The molecule has 8 heteroatoms. The average Bonchev–Trinajstić information content (AvgIpc) is 2.57. The Kier molecular flexibility index (Phi) is 2.73. The minimum Gasteiger partial charge on any atom is -0.480 e. The monoisotopic (exact) mass is 281 g/mol. The van der Waals surface area contributed by atoms with Crippen LogP contribution in [0.25, 0.3) is 0 Å². The molecule has 0 radical (unpaired) electrons. The van der Waals surface area contributed by atoms with Crippen LogP contribution in [0.1, 0.15) is 5.56 Å². The van der Waals surface area contributed by atoms with Crippen molar-refractivity contribution < 1.29 is 26.3 Å². The number of halogens is 3. The molecule has 18 heavy (non-hydrogen) atoms. The number of hydrogen-bond acceptors (Lipinski definition) is 4. The summed E-state index contributed by atoms with van der Waals surface area (Å²) < 4.78 is 65.4. The van der Waals surface area contributed by atoms with E-state index in [9.17, 15) is 21.6 Å². The smallest absolute Gasteiger partial charge is 0.425 e. The fraction of sp³-hybridized carbons (Fsp3) is 0.400. The maximum absolute atomic E-state index is 12.5. The van der Waals surface area contributed by atoms with Crippen molar-refractivity contribution in [2.75, 3.05) is 12.0 Å². The Balaban J connectivity index is 2.54. The van der Waals surface area contributed by atoms with E-state index < -0.39 is 28.5 Å². The average molecular weight is 281 g/mol. The third kappa shape index (κ3) is 2.24. The SMILES string of the molecule is CS(=O)(=O)c1cc(N)cc2c1CC(C(F)(F)F)O2. The second-order valence-corrected chi connectivity index (χ2v) is 6.10. The maximum atomic E-state index is 12.5. The Morgan fingerprint density at radius 1 is 1.39 bits per heavy atom. The van der Waals surface area contributed by atoms with E-state index in [0.29, 0.717) is 0 Å². The van der Waals surface area contributed by atoms with Gasteiger partial charge in [0.05, 0.1) is 4.90 Å². The van der Waals surface area contributed by atoms with Crippen LogP contribution >= 0.6 is 0 Å². The highest BCUT2D eigenvalue weighted by Crippen LogP contribution is 2.40. The summed E-state index contributed by atoms with van der Waals surface area (Å²) >= 11 is 0. The number of sulfone groups is 1. The highest BCUT2D eigenvalue weighted by molar-refractivity contribution is 7.90. The zero-order valence-corrected chi connectivity index (χ0v) is 10.1. The number of benzene rings is 1. The van der Waals surface area contributed by atoms with E-state index in [2.05, 4.69) is 0 Å². The second-order valence-electron chi connectivity index (χ2n) is 4.12. The van der Waals surface area contributed by atoms with Crippen molar-refractivity contribution in [1.82, 2.24) is 0 Å². The molecule has 100 valence electrons. The number of ether oxygens (including phenoxy) is 1. The van der Waals surface area contributed by atoms with Crippen molar-refractivity contribution in [3.63, 3.8) is 0 Å². The van der Waals surface area contributed by atoms with Gasteiger partial charge in [-0.25, -0.2) is 8.42 Å². The lowest BCUT2D eigenvalue weighted by molar-refractivity contribution is -0.189. The first kappa shape index (κ1) is 13.0. The molecule has 1 unspecified atom stereocenters. The van der Waals surface area contributed by atoms with Crippen LogP contribution in [-0.2, 0) is 16.3 Å². The summed E-state index contributed by atoms with van der Waals surface area (Å²) in [6.07, 6.45) is -6.15. The van der Waals surface area contributed by atoms with Gasteiger partial charge < -0.3 is 10.5 Å². The summed E-state index contributed by atoms with van der Waals surface area (Å²) in [7, 11) is -3.65. The molecular weight excluding hydrogens is 271 g/mol. The summed E-state index contributed by atoms with van der Waals surface area (Å²) in [5.41, 5.74) is 5.55. The number of hydrogen-bond donors (Lipinski definition) is 1. The van der Waals surface area contributed by atoms with Gasteiger partial charge in [0, 0.05) is 30.0 Å². The normalized spacial score (nSPS) is 19.4. The molecular formula is C10H10F3NO3S. The summed E-state index contributed by atoms with van der Waals surface area (Å²) in [5, 5.41) is 0. The zero-order valence-electron chi connectivity index (χ0n) is 9.28. The van der Waals surface area contributed by atoms with Crippen LogP contribution < -0.4 is 10.5 Å². The van der Waals surface area contributed by atoms with Crippen molar-refractivity contribution in [3.05, 3.63) is 17.7 Å². The predicted octanol–water partition coefficient (Wildman–Crippen LogP) is 1.54. The summed E-state index contributed by atoms with van der Waals surface area (Å²) in [6, 6.07) is 2.35.